The number of rotatable bonds is 6. The molecule has 1 N–H and O–H groups in total. The van der Waals surface area contributed by atoms with Crippen LogP contribution in [0.25, 0.3) is 0 Å². The van der Waals surface area contributed by atoms with Crippen molar-refractivity contribution in [2.24, 2.45) is 0 Å². The Morgan fingerprint density at radius 2 is 1.92 bits per heavy atom. The van der Waals surface area contributed by atoms with E-state index in [2.05, 4.69) is 54.2 Å². The van der Waals surface area contributed by atoms with Gasteiger partial charge < -0.3 is 10.1 Å². The summed E-state index contributed by atoms with van der Waals surface area (Å²) in [6, 6.07) is 11.6. The minimum Gasteiger partial charge on any atom is -0.492 e. The molecular weight excluding hydrogens is 414 g/mol. The number of hydrogen-bond acceptors (Lipinski definition) is 2. The van der Waals surface area contributed by atoms with Gasteiger partial charge in [-0.15, -0.1) is 0 Å². The maximum absolute atomic E-state index is 12.1. The zero-order valence-corrected chi connectivity index (χ0v) is 18.0. The lowest BCUT2D eigenvalue weighted by molar-refractivity contribution is -0.116. The van der Waals surface area contributed by atoms with Crippen molar-refractivity contribution in [2.75, 3.05) is 11.9 Å². The predicted molar refractivity (Wildman–Crippen MR) is 112 cm³/mol. The Kier molecular flexibility index (Phi) is 7.13. The number of carbonyl (C=O) groups excluding carboxylic acids is 1. The van der Waals surface area contributed by atoms with Crippen molar-refractivity contribution in [2.45, 2.75) is 46.0 Å². The molecule has 0 aliphatic carbocycles. The second-order valence-corrected chi connectivity index (χ2v) is 8.65. The average Bonchev–Trinajstić information content (AvgIpc) is 2.54. The van der Waals surface area contributed by atoms with Crippen LogP contribution in [0.3, 0.4) is 0 Å². The van der Waals surface area contributed by atoms with Gasteiger partial charge >= 0.3 is 0 Å². The lowest BCUT2D eigenvalue weighted by atomic mass is 9.87. The number of carbonyl (C=O) groups is 1. The first-order chi connectivity index (χ1) is 12.2. The Bertz CT molecular complexity index is 784. The van der Waals surface area contributed by atoms with E-state index in [0.29, 0.717) is 24.5 Å². The number of ether oxygens (including phenoxy) is 1. The van der Waals surface area contributed by atoms with Gasteiger partial charge in [0.2, 0.25) is 5.91 Å². The highest BCUT2D eigenvalue weighted by molar-refractivity contribution is 9.10. The highest BCUT2D eigenvalue weighted by Gasteiger charge is 2.15. The van der Waals surface area contributed by atoms with Crippen molar-refractivity contribution in [3.05, 3.63) is 57.0 Å². The summed E-state index contributed by atoms with van der Waals surface area (Å²) in [4.78, 5) is 12.1. The fourth-order valence-electron chi connectivity index (χ4n) is 2.48. The molecule has 2 rings (SSSR count). The standard InChI is InChI=1S/C21H25BrClNO2/c1-14-12-16(23)8-9-18(14)24-20(25)6-5-11-26-19-10-7-15(13-17(19)22)21(2,3)4/h7-10,12-13H,5-6,11H2,1-4H3,(H,24,25). The maximum Gasteiger partial charge on any atom is 0.224 e. The molecular formula is C21H25BrClNO2. The van der Waals surface area contributed by atoms with Gasteiger partial charge in [-0.25, -0.2) is 0 Å². The second kappa shape index (κ2) is 8.92. The summed E-state index contributed by atoms with van der Waals surface area (Å²) in [5.74, 6) is 0.771. The number of benzene rings is 2. The highest BCUT2D eigenvalue weighted by atomic mass is 79.9. The van der Waals surface area contributed by atoms with Gasteiger partial charge in [-0.3, -0.25) is 4.79 Å². The summed E-state index contributed by atoms with van der Waals surface area (Å²) in [6.07, 6.45) is 1.05. The van der Waals surface area contributed by atoms with Crippen LogP contribution >= 0.6 is 27.5 Å². The van der Waals surface area contributed by atoms with E-state index in [1.165, 1.54) is 5.56 Å². The summed E-state index contributed by atoms with van der Waals surface area (Å²) in [6.45, 7) is 8.94. The normalized spacial score (nSPS) is 11.3. The Morgan fingerprint density at radius 1 is 1.19 bits per heavy atom. The third-order valence-corrected chi connectivity index (χ3v) is 4.92. The van der Waals surface area contributed by atoms with E-state index < -0.39 is 0 Å². The van der Waals surface area contributed by atoms with Gasteiger partial charge in [0.05, 0.1) is 11.1 Å². The third kappa shape index (κ3) is 6.03. The van der Waals surface area contributed by atoms with Crippen LogP contribution in [0.15, 0.2) is 40.9 Å². The number of halogens is 2. The van der Waals surface area contributed by atoms with E-state index in [-0.39, 0.29) is 11.3 Å². The van der Waals surface area contributed by atoms with E-state index >= 15 is 0 Å². The molecule has 0 aliphatic rings. The molecule has 0 bridgehead atoms. The van der Waals surface area contributed by atoms with Crippen molar-refractivity contribution >= 4 is 39.1 Å². The lowest BCUT2D eigenvalue weighted by Gasteiger charge is -2.20. The molecule has 140 valence electrons. The first kappa shape index (κ1) is 20.8. The zero-order chi connectivity index (χ0) is 19.3. The first-order valence-electron chi connectivity index (χ1n) is 8.65. The smallest absolute Gasteiger partial charge is 0.224 e. The first-order valence-corrected chi connectivity index (χ1v) is 9.83. The van der Waals surface area contributed by atoms with Gasteiger partial charge in [0.25, 0.3) is 0 Å². The van der Waals surface area contributed by atoms with E-state index in [0.717, 1.165) is 21.5 Å². The van der Waals surface area contributed by atoms with Crippen molar-refractivity contribution < 1.29 is 9.53 Å². The van der Waals surface area contributed by atoms with Crippen LogP contribution in [0.1, 0.15) is 44.7 Å². The van der Waals surface area contributed by atoms with Crippen molar-refractivity contribution in [3.63, 3.8) is 0 Å². The number of nitrogens with one attached hydrogen (secondary N) is 1. The van der Waals surface area contributed by atoms with Crippen molar-refractivity contribution in [3.8, 4) is 5.75 Å². The maximum atomic E-state index is 12.1. The molecule has 0 atom stereocenters. The van der Waals surface area contributed by atoms with Crippen LogP contribution in [-0.2, 0) is 10.2 Å². The fourth-order valence-corrected chi connectivity index (χ4v) is 3.20. The largest absolute Gasteiger partial charge is 0.492 e. The Morgan fingerprint density at radius 3 is 2.54 bits per heavy atom. The number of aryl methyl sites for hydroxylation is 1. The number of anilines is 1. The molecule has 2 aromatic carbocycles. The summed E-state index contributed by atoms with van der Waals surface area (Å²) in [5, 5.41) is 3.57. The van der Waals surface area contributed by atoms with E-state index in [4.69, 9.17) is 16.3 Å². The SMILES string of the molecule is Cc1cc(Cl)ccc1NC(=O)CCCOc1ccc(C(C)(C)C)cc1Br. The van der Waals surface area contributed by atoms with Crippen LogP contribution < -0.4 is 10.1 Å². The average molecular weight is 439 g/mol. The van der Waals surface area contributed by atoms with Crippen molar-refractivity contribution in [1.82, 2.24) is 0 Å². The minimum atomic E-state index is -0.0267. The topological polar surface area (TPSA) is 38.3 Å². The molecule has 2 aromatic rings. The molecule has 1 amide bonds. The zero-order valence-electron chi connectivity index (χ0n) is 15.7. The molecule has 0 saturated carbocycles. The molecule has 0 fully saturated rings. The summed E-state index contributed by atoms with van der Waals surface area (Å²) < 4.78 is 6.74. The van der Waals surface area contributed by atoms with E-state index in [1.807, 2.05) is 25.1 Å². The molecule has 0 saturated heterocycles. The van der Waals surface area contributed by atoms with Gasteiger partial charge in [0.15, 0.2) is 0 Å². The number of amides is 1. The summed E-state index contributed by atoms with van der Waals surface area (Å²) in [5.41, 5.74) is 3.08. The second-order valence-electron chi connectivity index (χ2n) is 7.35. The fraction of sp³-hybridized carbons (Fsp3) is 0.381. The lowest BCUT2D eigenvalue weighted by Crippen LogP contribution is -2.14. The molecule has 5 heteroatoms. The molecule has 0 heterocycles. The molecule has 0 aromatic heterocycles. The molecule has 0 radical (unpaired) electrons. The molecule has 0 aliphatic heterocycles. The van der Waals surface area contributed by atoms with Gasteiger partial charge in [-0.05, 0) is 76.1 Å². The highest BCUT2D eigenvalue weighted by Crippen LogP contribution is 2.31. The monoisotopic (exact) mass is 437 g/mol. The molecule has 0 spiro atoms. The van der Waals surface area contributed by atoms with E-state index in [9.17, 15) is 4.79 Å². The Hall–Kier alpha value is -1.52. The van der Waals surface area contributed by atoms with Crippen molar-refractivity contribution in [1.29, 1.82) is 0 Å². The molecule has 3 nitrogen and oxygen atoms in total. The summed E-state index contributed by atoms with van der Waals surface area (Å²) >= 11 is 9.49. The quantitative estimate of drug-likeness (QED) is 0.522. The van der Waals surface area contributed by atoms with Crippen LogP contribution in [0, 0.1) is 6.92 Å². The van der Waals surface area contributed by atoms with Crippen LogP contribution in [-0.4, -0.2) is 12.5 Å². The number of hydrogen-bond donors (Lipinski definition) is 1. The van der Waals surface area contributed by atoms with Crippen LogP contribution in [0.4, 0.5) is 5.69 Å². The molecule has 26 heavy (non-hydrogen) atoms. The predicted octanol–water partition coefficient (Wildman–Crippen LogP) is 6.51. The van der Waals surface area contributed by atoms with Crippen LogP contribution in [0.5, 0.6) is 5.75 Å². The van der Waals surface area contributed by atoms with Crippen LogP contribution in [0.2, 0.25) is 5.02 Å². The minimum absolute atomic E-state index is 0.0267. The molecule has 0 unspecified atom stereocenters. The summed E-state index contributed by atoms with van der Waals surface area (Å²) in [7, 11) is 0. The van der Waals surface area contributed by atoms with Gasteiger partial charge in [-0.2, -0.15) is 0 Å². The van der Waals surface area contributed by atoms with Gasteiger partial charge in [0, 0.05) is 17.1 Å². The van der Waals surface area contributed by atoms with Gasteiger partial charge in [0.1, 0.15) is 5.75 Å². The van der Waals surface area contributed by atoms with Gasteiger partial charge in [-0.1, -0.05) is 38.4 Å². The Labute approximate surface area is 169 Å². The third-order valence-electron chi connectivity index (χ3n) is 4.07. The van der Waals surface area contributed by atoms with E-state index in [1.54, 1.807) is 6.07 Å². The Balaban J connectivity index is 1.80.